The molecule has 1 N–H and O–H groups in total. The molecule has 5 aromatic carbocycles. The maximum absolute atomic E-state index is 3.45. The molecule has 0 aliphatic rings. The Labute approximate surface area is 188 Å². The lowest BCUT2D eigenvalue weighted by atomic mass is 10.1. The van der Waals surface area contributed by atoms with Crippen molar-refractivity contribution in [2.75, 3.05) is 5.32 Å². The first kappa shape index (κ1) is 20.2. The van der Waals surface area contributed by atoms with Crippen LogP contribution in [0.3, 0.4) is 0 Å². The van der Waals surface area contributed by atoms with Gasteiger partial charge < -0.3 is 5.32 Å². The van der Waals surface area contributed by atoms with Gasteiger partial charge in [-0.3, -0.25) is 0 Å². The predicted octanol–water partition coefficient (Wildman–Crippen LogP) is 4.40. The van der Waals surface area contributed by atoms with E-state index in [1.807, 2.05) is 18.2 Å². The van der Waals surface area contributed by atoms with Crippen molar-refractivity contribution in [3.8, 4) is 0 Å². The summed E-state index contributed by atoms with van der Waals surface area (Å²) < 4.78 is 2.96. The Balaban J connectivity index is 0.000000151. The minimum Gasteiger partial charge on any atom is -0.355 e. The first-order valence-corrected chi connectivity index (χ1v) is 12.1. The molecule has 2 heteroatoms. The van der Waals surface area contributed by atoms with Crippen LogP contribution in [0, 0.1) is 7.14 Å². The molecular formula is C28H23IN+. The van der Waals surface area contributed by atoms with Gasteiger partial charge in [-0.1, -0.05) is 91.0 Å². The van der Waals surface area contributed by atoms with Crippen molar-refractivity contribution in [1.29, 1.82) is 0 Å². The fourth-order valence-electron chi connectivity index (χ4n) is 3.09. The van der Waals surface area contributed by atoms with Gasteiger partial charge >= 0.3 is 21.2 Å². The molecular weight excluding hydrogens is 477 g/mol. The van der Waals surface area contributed by atoms with Crippen molar-refractivity contribution in [1.82, 2.24) is 0 Å². The van der Waals surface area contributed by atoms with Gasteiger partial charge in [0.05, 0.1) is 0 Å². The molecule has 5 aromatic rings. The molecule has 1 nitrogen and oxygen atoms in total. The van der Waals surface area contributed by atoms with E-state index in [1.54, 1.807) is 0 Å². The normalized spacial score (nSPS) is 10.1. The van der Waals surface area contributed by atoms with Crippen LogP contribution < -0.4 is 26.5 Å². The first-order chi connectivity index (χ1) is 14.9. The van der Waals surface area contributed by atoms with Gasteiger partial charge in [-0.15, -0.1) is 0 Å². The number of halogens is 1. The van der Waals surface area contributed by atoms with E-state index in [4.69, 9.17) is 0 Å². The largest absolute Gasteiger partial charge is 0.357 e. The van der Waals surface area contributed by atoms with Crippen LogP contribution in [-0.4, -0.2) is 0 Å². The molecule has 0 spiro atoms. The molecule has 0 fully saturated rings. The lowest BCUT2D eigenvalue weighted by Gasteiger charge is -2.09. The van der Waals surface area contributed by atoms with E-state index < -0.39 is 0 Å². The summed E-state index contributed by atoms with van der Waals surface area (Å²) in [6.07, 6.45) is 0. The van der Waals surface area contributed by atoms with Crippen LogP contribution in [0.2, 0.25) is 0 Å². The van der Waals surface area contributed by atoms with Gasteiger partial charge in [0.2, 0.25) is 0 Å². The molecule has 0 saturated heterocycles. The number of hydrogen-bond acceptors (Lipinski definition) is 1. The average molecular weight is 500 g/mol. The van der Waals surface area contributed by atoms with Crippen molar-refractivity contribution in [3.05, 3.63) is 141 Å². The quantitative estimate of drug-likeness (QED) is 0.361. The molecule has 0 amide bonds. The number of fused-ring (bicyclic) bond motifs is 1. The SMILES string of the molecule is c1ccc(Nc2cccc3ccccc23)cc1.c1ccc([I+]c2ccccc2)cc1. The van der Waals surface area contributed by atoms with Crippen LogP contribution in [0.25, 0.3) is 10.8 Å². The van der Waals surface area contributed by atoms with Gasteiger partial charge in [0.25, 0.3) is 0 Å². The summed E-state index contributed by atoms with van der Waals surface area (Å²) in [4.78, 5) is 0. The summed E-state index contributed by atoms with van der Waals surface area (Å²) in [6.45, 7) is 0. The van der Waals surface area contributed by atoms with Crippen molar-refractivity contribution in [2.45, 2.75) is 0 Å². The second-order valence-electron chi connectivity index (χ2n) is 6.70. The van der Waals surface area contributed by atoms with Crippen LogP contribution in [0.5, 0.6) is 0 Å². The summed E-state index contributed by atoms with van der Waals surface area (Å²) in [5.74, 6) is 0. The van der Waals surface area contributed by atoms with Crippen LogP contribution in [0.15, 0.2) is 133 Å². The Hall–Kier alpha value is -3.11. The monoisotopic (exact) mass is 500 g/mol. The zero-order valence-corrected chi connectivity index (χ0v) is 18.7. The molecule has 0 bridgehead atoms. The fraction of sp³-hybridized carbons (Fsp3) is 0. The maximum Gasteiger partial charge on any atom is 0.357 e. The zero-order chi connectivity index (χ0) is 20.4. The Bertz CT molecular complexity index is 1130. The third-order valence-corrected chi connectivity index (χ3v) is 7.21. The highest BCUT2D eigenvalue weighted by molar-refractivity contribution is 5.95. The first-order valence-electron chi connectivity index (χ1n) is 9.93. The van der Waals surface area contributed by atoms with Crippen LogP contribution >= 0.6 is 0 Å². The smallest absolute Gasteiger partial charge is 0.355 e. The molecule has 30 heavy (non-hydrogen) atoms. The molecule has 146 valence electrons. The highest BCUT2D eigenvalue weighted by atomic mass is 127. The summed E-state index contributed by atoms with van der Waals surface area (Å²) in [6, 6.07) is 46.4. The van der Waals surface area contributed by atoms with Gasteiger partial charge in [0.1, 0.15) is 0 Å². The summed E-state index contributed by atoms with van der Waals surface area (Å²) >= 11 is 0.0287. The standard InChI is InChI=1S/C16H13N.C12H10I/c1-2-9-14(10-3-1)17-16-12-6-8-13-7-4-5-11-15(13)16;1-3-7-11(8-4-1)13-12-9-5-2-6-10-12/h1-12,17H;1-10H/q;+1. The van der Waals surface area contributed by atoms with E-state index in [0.717, 1.165) is 11.4 Å². The molecule has 0 radical (unpaired) electrons. The third-order valence-electron chi connectivity index (χ3n) is 4.53. The van der Waals surface area contributed by atoms with Crippen molar-refractivity contribution in [3.63, 3.8) is 0 Å². The van der Waals surface area contributed by atoms with Crippen molar-refractivity contribution in [2.24, 2.45) is 0 Å². The lowest BCUT2D eigenvalue weighted by molar-refractivity contribution is -0.597. The van der Waals surface area contributed by atoms with E-state index in [1.165, 1.54) is 17.9 Å². The maximum atomic E-state index is 3.45. The molecule has 0 atom stereocenters. The van der Waals surface area contributed by atoms with Crippen molar-refractivity contribution >= 4 is 22.1 Å². The van der Waals surface area contributed by atoms with Gasteiger partial charge in [-0.05, 0) is 47.9 Å². The molecule has 0 aliphatic carbocycles. The zero-order valence-electron chi connectivity index (χ0n) is 16.6. The second-order valence-corrected chi connectivity index (χ2v) is 9.73. The molecule has 0 aliphatic heterocycles. The Morgan fingerprint density at radius 1 is 0.433 bits per heavy atom. The Morgan fingerprint density at radius 2 is 0.933 bits per heavy atom. The Morgan fingerprint density at radius 3 is 1.57 bits per heavy atom. The highest BCUT2D eigenvalue weighted by Crippen LogP contribution is 2.25. The second kappa shape index (κ2) is 10.6. The molecule has 0 unspecified atom stereocenters. The van der Waals surface area contributed by atoms with E-state index >= 15 is 0 Å². The van der Waals surface area contributed by atoms with Crippen LogP contribution in [0.1, 0.15) is 0 Å². The molecule has 0 heterocycles. The summed E-state index contributed by atoms with van der Waals surface area (Å²) in [5, 5.41) is 5.95. The average Bonchev–Trinajstić information content (AvgIpc) is 2.82. The van der Waals surface area contributed by atoms with Crippen LogP contribution in [-0.2, 0) is 0 Å². The van der Waals surface area contributed by atoms with E-state index in [-0.39, 0.29) is 21.2 Å². The minimum atomic E-state index is 0.0287. The summed E-state index contributed by atoms with van der Waals surface area (Å²) in [5.41, 5.74) is 2.26. The van der Waals surface area contributed by atoms with Gasteiger partial charge in [0, 0.05) is 16.8 Å². The van der Waals surface area contributed by atoms with Crippen LogP contribution in [0.4, 0.5) is 11.4 Å². The highest BCUT2D eigenvalue weighted by Gasteiger charge is 2.12. The number of hydrogen-bond donors (Lipinski definition) is 1. The molecule has 0 saturated carbocycles. The van der Waals surface area contributed by atoms with E-state index in [9.17, 15) is 0 Å². The van der Waals surface area contributed by atoms with E-state index in [2.05, 4.69) is 121 Å². The Kier molecular flexibility index (Phi) is 7.13. The van der Waals surface area contributed by atoms with E-state index in [0.29, 0.717) is 0 Å². The van der Waals surface area contributed by atoms with Crippen molar-refractivity contribution < 1.29 is 21.2 Å². The number of rotatable bonds is 4. The molecule has 0 aromatic heterocycles. The van der Waals surface area contributed by atoms with Gasteiger partial charge in [-0.2, -0.15) is 0 Å². The van der Waals surface area contributed by atoms with Gasteiger partial charge in [0.15, 0.2) is 7.14 Å². The minimum absolute atomic E-state index is 0.0287. The lowest BCUT2D eigenvalue weighted by Crippen LogP contribution is -3.61. The number of nitrogens with one attached hydrogen (secondary N) is 1. The predicted molar refractivity (Wildman–Crippen MR) is 124 cm³/mol. The third kappa shape index (κ3) is 5.71. The van der Waals surface area contributed by atoms with Gasteiger partial charge in [-0.25, -0.2) is 0 Å². The number of para-hydroxylation sites is 1. The summed E-state index contributed by atoms with van der Waals surface area (Å²) in [7, 11) is 0. The number of anilines is 2. The topological polar surface area (TPSA) is 12.0 Å². The molecule has 5 rings (SSSR count). The fourth-order valence-corrected chi connectivity index (χ4v) is 5.36. The number of benzene rings is 5.